The van der Waals surface area contributed by atoms with Crippen LogP contribution >= 0.6 is 12.2 Å². The predicted octanol–water partition coefficient (Wildman–Crippen LogP) is -0.196. The molecule has 118 valence electrons. The second-order valence-electron chi connectivity index (χ2n) is 5.53. The first-order valence-electron chi connectivity index (χ1n) is 7.36. The number of likely N-dealkylation sites (tertiary alicyclic amines) is 1. The van der Waals surface area contributed by atoms with E-state index in [4.69, 9.17) is 17.0 Å². The number of hydrogen-bond acceptors (Lipinski definition) is 5. The Morgan fingerprint density at radius 1 is 1.36 bits per heavy atom. The van der Waals surface area contributed by atoms with Gasteiger partial charge in [-0.05, 0) is 59.8 Å². The maximum absolute atomic E-state index is 9.75. The summed E-state index contributed by atoms with van der Waals surface area (Å²) in [7, 11) is 1.63. The van der Waals surface area contributed by atoms with E-state index in [0.717, 1.165) is 37.4 Å². The minimum absolute atomic E-state index is 0.227. The molecule has 1 saturated heterocycles. The zero-order valence-electron chi connectivity index (χ0n) is 12.5. The Morgan fingerprint density at radius 2 is 2.14 bits per heavy atom. The molecule has 0 bridgehead atoms. The van der Waals surface area contributed by atoms with Gasteiger partial charge in [0.1, 0.15) is 18.4 Å². The molecule has 2 aromatic rings. The number of rotatable bonds is 4. The Balaban J connectivity index is 1.77. The summed E-state index contributed by atoms with van der Waals surface area (Å²) in [4.78, 5) is 1.27. The first-order chi connectivity index (χ1) is 10.7. The minimum Gasteiger partial charge on any atom is -0.497 e. The van der Waals surface area contributed by atoms with Crippen molar-refractivity contribution in [2.24, 2.45) is 0 Å². The van der Waals surface area contributed by atoms with Crippen LogP contribution in [0.15, 0.2) is 24.3 Å². The van der Waals surface area contributed by atoms with Crippen molar-refractivity contribution in [3.63, 3.8) is 0 Å². The highest BCUT2D eigenvalue weighted by Gasteiger charge is 2.22. The lowest BCUT2D eigenvalue weighted by Crippen LogP contribution is -3.13. The topological polar surface area (TPSA) is 69.5 Å². The van der Waals surface area contributed by atoms with Crippen molar-refractivity contribution in [2.45, 2.75) is 25.6 Å². The molecule has 2 atom stereocenters. The third-order valence-electron chi connectivity index (χ3n) is 3.92. The van der Waals surface area contributed by atoms with E-state index in [1.807, 2.05) is 24.3 Å². The molecule has 0 amide bonds. The molecule has 1 aliphatic heterocycles. The van der Waals surface area contributed by atoms with Gasteiger partial charge in [-0.15, -0.1) is 0 Å². The number of nitrogens with one attached hydrogen (secondary N) is 1. The van der Waals surface area contributed by atoms with Gasteiger partial charge in [0, 0.05) is 0 Å². The van der Waals surface area contributed by atoms with Gasteiger partial charge in [0.25, 0.3) is 0 Å². The fraction of sp³-hybridized carbons (Fsp3) is 0.500. The van der Waals surface area contributed by atoms with Crippen LogP contribution in [0.3, 0.4) is 0 Å². The van der Waals surface area contributed by atoms with E-state index in [1.165, 1.54) is 4.90 Å². The van der Waals surface area contributed by atoms with Crippen LogP contribution in [0.2, 0.25) is 0 Å². The second kappa shape index (κ2) is 6.55. The van der Waals surface area contributed by atoms with Crippen LogP contribution in [0.5, 0.6) is 5.75 Å². The van der Waals surface area contributed by atoms with Crippen LogP contribution < -0.4 is 9.64 Å². The van der Waals surface area contributed by atoms with Crippen molar-refractivity contribution in [3.8, 4) is 11.4 Å². The molecule has 3 rings (SSSR count). The van der Waals surface area contributed by atoms with Crippen molar-refractivity contribution in [3.05, 3.63) is 29.0 Å². The number of aromatic nitrogens is 4. The van der Waals surface area contributed by atoms with Gasteiger partial charge in [-0.2, -0.15) is 9.36 Å². The molecule has 8 heteroatoms. The molecule has 1 unspecified atom stereocenters. The molecular formula is C14H20N5O2S+. The Hall–Kier alpha value is -1.77. The molecule has 22 heavy (non-hydrogen) atoms. The molecule has 0 saturated carbocycles. The van der Waals surface area contributed by atoms with Gasteiger partial charge in [0.2, 0.25) is 4.77 Å². The number of tetrazole rings is 1. The summed E-state index contributed by atoms with van der Waals surface area (Å²) < 4.78 is 9.05. The number of benzene rings is 1. The van der Waals surface area contributed by atoms with E-state index in [1.54, 1.807) is 16.5 Å². The average Bonchev–Trinajstić information content (AvgIpc) is 2.89. The predicted molar refractivity (Wildman–Crippen MR) is 82.7 cm³/mol. The Labute approximate surface area is 133 Å². The molecule has 1 fully saturated rings. The lowest BCUT2D eigenvalue weighted by atomic mass is 10.1. The summed E-state index contributed by atoms with van der Waals surface area (Å²) in [6, 6.07) is 7.51. The van der Waals surface area contributed by atoms with Gasteiger partial charge in [0.15, 0.2) is 6.67 Å². The summed E-state index contributed by atoms with van der Waals surface area (Å²) in [6.45, 7) is 2.39. The first-order valence-corrected chi connectivity index (χ1v) is 7.77. The number of aliphatic hydroxyl groups excluding tert-OH is 1. The molecule has 1 aromatic heterocycles. The maximum atomic E-state index is 9.75. The number of ether oxygens (including phenoxy) is 1. The Kier molecular flexibility index (Phi) is 4.51. The summed E-state index contributed by atoms with van der Waals surface area (Å²) in [5, 5.41) is 18.0. The van der Waals surface area contributed by atoms with E-state index in [0.29, 0.717) is 11.4 Å². The third-order valence-corrected chi connectivity index (χ3v) is 4.31. The minimum atomic E-state index is -0.227. The van der Waals surface area contributed by atoms with Crippen LogP contribution in [0.25, 0.3) is 5.69 Å². The third kappa shape index (κ3) is 3.18. The van der Waals surface area contributed by atoms with E-state index >= 15 is 0 Å². The fourth-order valence-electron chi connectivity index (χ4n) is 2.74. The van der Waals surface area contributed by atoms with E-state index in [9.17, 15) is 5.11 Å². The number of quaternary nitrogens is 1. The van der Waals surface area contributed by atoms with Crippen molar-refractivity contribution < 1.29 is 14.7 Å². The van der Waals surface area contributed by atoms with E-state index < -0.39 is 0 Å². The van der Waals surface area contributed by atoms with Gasteiger partial charge >= 0.3 is 0 Å². The van der Waals surface area contributed by atoms with Gasteiger partial charge < -0.3 is 14.7 Å². The van der Waals surface area contributed by atoms with Crippen LogP contribution in [-0.4, -0.2) is 51.2 Å². The van der Waals surface area contributed by atoms with Gasteiger partial charge in [-0.3, -0.25) is 0 Å². The molecule has 0 aliphatic carbocycles. The van der Waals surface area contributed by atoms with Crippen LogP contribution in [-0.2, 0) is 6.67 Å². The number of hydrogen-bond donors (Lipinski definition) is 2. The van der Waals surface area contributed by atoms with Gasteiger partial charge in [0.05, 0.1) is 19.3 Å². The van der Waals surface area contributed by atoms with Crippen LogP contribution in [0, 0.1) is 4.77 Å². The van der Waals surface area contributed by atoms with Crippen molar-refractivity contribution in [1.29, 1.82) is 0 Å². The molecule has 0 spiro atoms. The average molecular weight is 322 g/mol. The maximum Gasteiger partial charge on any atom is 0.225 e. The zero-order valence-corrected chi connectivity index (χ0v) is 13.3. The molecule has 1 aliphatic rings. The number of methoxy groups -OCH3 is 1. The van der Waals surface area contributed by atoms with Crippen LogP contribution in [0.4, 0.5) is 0 Å². The zero-order chi connectivity index (χ0) is 15.5. The van der Waals surface area contributed by atoms with E-state index in [2.05, 4.69) is 10.4 Å². The van der Waals surface area contributed by atoms with Crippen molar-refractivity contribution >= 4 is 12.2 Å². The summed E-state index contributed by atoms with van der Waals surface area (Å²) in [5.41, 5.74) is 0.853. The molecular weight excluding hydrogens is 302 g/mol. The smallest absolute Gasteiger partial charge is 0.225 e. The quantitative estimate of drug-likeness (QED) is 0.763. The lowest BCUT2D eigenvalue weighted by molar-refractivity contribution is -0.931. The monoisotopic (exact) mass is 322 g/mol. The first kappa shape index (κ1) is 15.1. The fourth-order valence-corrected chi connectivity index (χ4v) is 2.98. The molecule has 2 heterocycles. The summed E-state index contributed by atoms with van der Waals surface area (Å²) >= 11 is 5.46. The highest BCUT2D eigenvalue weighted by atomic mass is 32.1. The molecule has 2 N–H and O–H groups in total. The van der Waals surface area contributed by atoms with Gasteiger partial charge in [-0.25, -0.2) is 0 Å². The van der Waals surface area contributed by atoms with Crippen molar-refractivity contribution in [1.82, 2.24) is 19.8 Å². The molecule has 1 aromatic carbocycles. The van der Waals surface area contributed by atoms with E-state index in [-0.39, 0.29) is 6.10 Å². The molecule has 0 radical (unpaired) electrons. The van der Waals surface area contributed by atoms with Crippen molar-refractivity contribution in [2.75, 3.05) is 20.2 Å². The summed E-state index contributed by atoms with van der Waals surface area (Å²) in [6.07, 6.45) is 1.68. The largest absolute Gasteiger partial charge is 0.497 e. The highest BCUT2D eigenvalue weighted by molar-refractivity contribution is 7.71. The SMILES string of the molecule is COc1ccc(-n2nnn(C[NH+]3CCC[C@@H](O)C3)c2=S)cc1. The second-order valence-corrected chi connectivity index (χ2v) is 5.89. The van der Waals surface area contributed by atoms with Gasteiger partial charge in [-0.1, -0.05) is 0 Å². The number of nitrogens with zero attached hydrogens (tertiary/aromatic N) is 4. The highest BCUT2D eigenvalue weighted by Crippen LogP contribution is 2.14. The Bertz CT molecular complexity index is 681. The number of piperidine rings is 1. The normalized spacial score (nSPS) is 21.7. The standard InChI is InChI=1S/C14H19N5O2S/c1-21-13-6-4-11(5-7-13)19-14(22)18(15-16-19)10-17-8-2-3-12(20)9-17/h4-7,12,20H,2-3,8-10H2,1H3/p+1/t12-/m1/s1. The molecule has 7 nitrogen and oxygen atoms in total. The summed E-state index contributed by atoms with van der Waals surface area (Å²) in [5.74, 6) is 0.786. The lowest BCUT2D eigenvalue weighted by Gasteiger charge is -2.26. The Morgan fingerprint density at radius 3 is 2.82 bits per heavy atom. The number of aliphatic hydroxyl groups is 1. The van der Waals surface area contributed by atoms with Crippen LogP contribution in [0.1, 0.15) is 12.8 Å².